The molecule has 1 fully saturated rings. The molecule has 0 spiro atoms. The van der Waals surface area contributed by atoms with Gasteiger partial charge < -0.3 is 14.4 Å². The highest BCUT2D eigenvalue weighted by Crippen LogP contribution is 2.32. The number of fused-ring (bicyclic) bond motifs is 1. The number of carbonyl (C=O) groups is 2. The first-order chi connectivity index (χ1) is 16.6. The number of nitrogens with zero attached hydrogens (tertiary/aromatic N) is 2. The van der Waals surface area contributed by atoms with E-state index in [0.29, 0.717) is 35.0 Å². The number of aromatic nitrogens is 1. The average Bonchev–Trinajstić information content (AvgIpc) is 3.30. The Morgan fingerprint density at radius 2 is 1.59 bits per heavy atom. The number of methoxy groups -OCH3 is 1. The van der Waals surface area contributed by atoms with E-state index in [-0.39, 0.29) is 17.8 Å². The van der Waals surface area contributed by atoms with Gasteiger partial charge >= 0.3 is 0 Å². The molecule has 5 rings (SSSR count). The summed E-state index contributed by atoms with van der Waals surface area (Å²) in [6.45, 7) is 1.24. The number of ether oxygens (including phenoxy) is 2. The van der Waals surface area contributed by atoms with Crippen LogP contribution in [0.1, 0.15) is 39.1 Å². The van der Waals surface area contributed by atoms with Crippen molar-refractivity contribution in [2.75, 3.05) is 20.2 Å². The van der Waals surface area contributed by atoms with Crippen molar-refractivity contribution in [2.45, 2.75) is 18.9 Å². The van der Waals surface area contributed by atoms with E-state index in [1.807, 2.05) is 41.3 Å². The van der Waals surface area contributed by atoms with E-state index in [1.165, 1.54) is 11.3 Å². The molecule has 1 saturated heterocycles. The lowest BCUT2D eigenvalue weighted by atomic mass is 10.0. The largest absolute Gasteiger partial charge is 0.497 e. The Morgan fingerprint density at radius 3 is 2.29 bits per heavy atom. The van der Waals surface area contributed by atoms with Crippen LogP contribution < -0.4 is 9.47 Å². The third-order valence-corrected chi connectivity index (χ3v) is 6.91. The minimum atomic E-state index is -0.0501. The first kappa shape index (κ1) is 22.1. The number of benzene rings is 3. The van der Waals surface area contributed by atoms with Gasteiger partial charge in [-0.15, -0.1) is 0 Å². The maximum Gasteiger partial charge on any atom is 0.274 e. The summed E-state index contributed by atoms with van der Waals surface area (Å²) in [5.41, 5.74) is 2.69. The minimum Gasteiger partial charge on any atom is -0.497 e. The van der Waals surface area contributed by atoms with Gasteiger partial charge in [0.2, 0.25) is 0 Å². The predicted molar refractivity (Wildman–Crippen MR) is 132 cm³/mol. The lowest BCUT2D eigenvalue weighted by Gasteiger charge is -2.31. The van der Waals surface area contributed by atoms with Crippen LogP contribution in [0.25, 0.3) is 10.2 Å². The number of thiazole rings is 1. The van der Waals surface area contributed by atoms with Gasteiger partial charge in [-0.1, -0.05) is 53.8 Å². The Hall–Kier alpha value is -3.71. The van der Waals surface area contributed by atoms with E-state index >= 15 is 0 Å². The lowest BCUT2D eigenvalue weighted by Crippen LogP contribution is -2.41. The summed E-state index contributed by atoms with van der Waals surface area (Å²) < 4.78 is 12.4. The summed E-state index contributed by atoms with van der Waals surface area (Å²) in [5.74, 6) is 0.724. The number of hydrogen-bond donors (Lipinski definition) is 0. The van der Waals surface area contributed by atoms with Gasteiger partial charge in [0.25, 0.3) is 11.1 Å². The molecular formula is C27H24N2O4S. The van der Waals surface area contributed by atoms with Crippen molar-refractivity contribution in [1.29, 1.82) is 0 Å². The van der Waals surface area contributed by atoms with E-state index in [9.17, 15) is 9.59 Å². The molecule has 0 N–H and O–H groups in total. The van der Waals surface area contributed by atoms with Crippen LogP contribution >= 0.6 is 11.3 Å². The van der Waals surface area contributed by atoms with Gasteiger partial charge in [0, 0.05) is 42.6 Å². The Labute approximate surface area is 201 Å². The van der Waals surface area contributed by atoms with Gasteiger partial charge in [0.05, 0.1) is 17.3 Å². The van der Waals surface area contributed by atoms with Gasteiger partial charge in [0.15, 0.2) is 5.78 Å². The molecule has 1 aromatic heterocycles. The molecule has 7 heteroatoms. The molecule has 1 aliphatic rings. The number of piperidine rings is 1. The summed E-state index contributed by atoms with van der Waals surface area (Å²) in [6, 6.07) is 21.8. The highest BCUT2D eigenvalue weighted by molar-refractivity contribution is 7.20. The molecule has 34 heavy (non-hydrogen) atoms. The van der Waals surface area contributed by atoms with Gasteiger partial charge in [-0.05, 0) is 30.3 Å². The van der Waals surface area contributed by atoms with Crippen molar-refractivity contribution >= 4 is 33.2 Å². The molecule has 0 aliphatic carbocycles. The van der Waals surface area contributed by atoms with Gasteiger partial charge in [-0.25, -0.2) is 4.98 Å². The summed E-state index contributed by atoms with van der Waals surface area (Å²) >= 11 is 1.50. The Bertz CT molecular complexity index is 1310. The predicted octanol–water partition coefficient (Wildman–Crippen LogP) is 5.22. The molecular weight excluding hydrogens is 448 g/mol. The van der Waals surface area contributed by atoms with Gasteiger partial charge in [0.1, 0.15) is 11.9 Å². The van der Waals surface area contributed by atoms with Gasteiger partial charge in [-0.2, -0.15) is 0 Å². The second-order valence-corrected chi connectivity index (χ2v) is 9.19. The zero-order valence-corrected chi connectivity index (χ0v) is 19.6. The molecule has 6 nitrogen and oxygen atoms in total. The van der Waals surface area contributed by atoms with E-state index in [4.69, 9.17) is 9.47 Å². The smallest absolute Gasteiger partial charge is 0.274 e. The van der Waals surface area contributed by atoms with Crippen molar-refractivity contribution in [3.8, 4) is 10.9 Å². The molecule has 2 heterocycles. The molecule has 3 aromatic carbocycles. The SMILES string of the molecule is COc1ccc2nc(OC3CCN(C(=O)c4ccc(C(=O)c5ccccc5)cc4)CC3)sc2c1. The number of likely N-dealkylation sites (tertiary alicyclic amines) is 1. The summed E-state index contributed by atoms with van der Waals surface area (Å²) in [5, 5.41) is 0.645. The monoisotopic (exact) mass is 472 g/mol. The number of carbonyl (C=O) groups excluding carboxylic acids is 2. The second-order valence-electron chi connectivity index (χ2n) is 8.20. The van der Waals surface area contributed by atoms with Crippen molar-refractivity contribution in [3.05, 3.63) is 89.5 Å². The molecule has 0 unspecified atom stereocenters. The normalized spacial score (nSPS) is 14.2. The third-order valence-electron chi connectivity index (χ3n) is 6.00. The van der Waals surface area contributed by atoms with Crippen molar-refractivity contribution in [2.24, 2.45) is 0 Å². The summed E-state index contributed by atoms with van der Waals surface area (Å²) in [4.78, 5) is 32.0. The first-order valence-corrected chi connectivity index (χ1v) is 12.0. The fourth-order valence-corrected chi connectivity index (χ4v) is 4.99. The third kappa shape index (κ3) is 4.65. The number of hydrogen-bond acceptors (Lipinski definition) is 6. The maximum atomic E-state index is 13.0. The van der Waals surface area contributed by atoms with Gasteiger partial charge in [-0.3, -0.25) is 9.59 Å². The van der Waals surface area contributed by atoms with E-state index in [2.05, 4.69) is 4.98 Å². The van der Waals surface area contributed by atoms with E-state index in [1.54, 1.807) is 43.5 Å². The van der Waals surface area contributed by atoms with Crippen LogP contribution in [0.2, 0.25) is 0 Å². The van der Waals surface area contributed by atoms with Crippen LogP contribution in [0.3, 0.4) is 0 Å². The number of rotatable bonds is 6. The number of amides is 1. The zero-order chi connectivity index (χ0) is 23.5. The van der Waals surface area contributed by atoms with Crippen molar-refractivity contribution in [3.63, 3.8) is 0 Å². The molecule has 1 amide bonds. The molecule has 0 radical (unpaired) electrons. The Balaban J connectivity index is 1.18. The Morgan fingerprint density at radius 1 is 0.912 bits per heavy atom. The van der Waals surface area contributed by atoms with Crippen molar-refractivity contribution in [1.82, 2.24) is 9.88 Å². The van der Waals surface area contributed by atoms with Crippen LogP contribution in [-0.2, 0) is 0 Å². The molecule has 1 aliphatic heterocycles. The van der Waals surface area contributed by atoms with Crippen LogP contribution in [0.5, 0.6) is 10.9 Å². The summed E-state index contributed by atoms with van der Waals surface area (Å²) in [6.07, 6.45) is 1.52. The van der Waals surface area contributed by atoms with E-state index < -0.39 is 0 Å². The van der Waals surface area contributed by atoms with Crippen LogP contribution in [0, 0.1) is 0 Å². The first-order valence-electron chi connectivity index (χ1n) is 11.2. The lowest BCUT2D eigenvalue weighted by molar-refractivity contribution is 0.0595. The highest BCUT2D eigenvalue weighted by Gasteiger charge is 2.25. The second kappa shape index (κ2) is 9.65. The fraction of sp³-hybridized carbons (Fsp3) is 0.222. The minimum absolute atomic E-state index is 0.0238. The number of ketones is 1. The van der Waals surface area contributed by atoms with Crippen LogP contribution in [0.15, 0.2) is 72.8 Å². The highest BCUT2D eigenvalue weighted by atomic mass is 32.1. The molecule has 0 bridgehead atoms. The van der Waals surface area contributed by atoms with Crippen LogP contribution in [-0.4, -0.2) is 47.9 Å². The molecule has 4 aromatic rings. The summed E-state index contributed by atoms with van der Waals surface area (Å²) in [7, 11) is 1.65. The fourth-order valence-electron chi connectivity index (χ4n) is 4.08. The Kier molecular flexibility index (Phi) is 6.27. The van der Waals surface area contributed by atoms with E-state index in [0.717, 1.165) is 28.8 Å². The zero-order valence-electron chi connectivity index (χ0n) is 18.8. The quantitative estimate of drug-likeness (QED) is 0.360. The molecule has 0 saturated carbocycles. The standard InChI is InChI=1S/C27H24N2O4S/c1-32-22-11-12-23-24(17-22)34-27(28-23)33-21-13-15-29(16-14-21)26(31)20-9-7-19(8-10-20)25(30)18-5-3-2-4-6-18/h2-12,17,21H,13-16H2,1H3. The topological polar surface area (TPSA) is 68.7 Å². The maximum absolute atomic E-state index is 13.0. The average molecular weight is 473 g/mol. The van der Waals surface area contributed by atoms with Crippen molar-refractivity contribution < 1.29 is 19.1 Å². The molecule has 0 atom stereocenters. The molecule has 172 valence electrons. The van der Waals surface area contributed by atoms with Crippen LogP contribution in [0.4, 0.5) is 0 Å².